The smallest absolute Gasteiger partial charge is 0.0790 e. The lowest BCUT2D eigenvalue weighted by atomic mass is 9.79. The second kappa shape index (κ2) is 5.83. The van der Waals surface area contributed by atoms with Crippen LogP contribution in [0.2, 0.25) is 0 Å². The van der Waals surface area contributed by atoms with E-state index in [0.29, 0.717) is 5.92 Å². The Morgan fingerprint density at radius 1 is 1.39 bits per heavy atom. The SMILES string of the molecule is CCCn1nncc1C1(C(C)C)CCCCCN1. The van der Waals surface area contributed by atoms with Crippen molar-refractivity contribution in [3.63, 3.8) is 0 Å². The molecule has 0 spiro atoms. The molecule has 1 aliphatic rings. The molecule has 1 aromatic rings. The van der Waals surface area contributed by atoms with Gasteiger partial charge in [-0.3, -0.25) is 0 Å². The maximum atomic E-state index is 4.27. The van der Waals surface area contributed by atoms with E-state index in [1.54, 1.807) is 0 Å². The fourth-order valence-corrected chi connectivity index (χ4v) is 3.09. The molecule has 1 unspecified atom stereocenters. The van der Waals surface area contributed by atoms with Crippen molar-refractivity contribution in [2.75, 3.05) is 6.54 Å². The Morgan fingerprint density at radius 3 is 2.94 bits per heavy atom. The first-order valence-corrected chi connectivity index (χ1v) is 7.34. The molecular formula is C14H26N4. The summed E-state index contributed by atoms with van der Waals surface area (Å²) >= 11 is 0. The summed E-state index contributed by atoms with van der Waals surface area (Å²) < 4.78 is 2.10. The fourth-order valence-electron chi connectivity index (χ4n) is 3.09. The molecule has 0 radical (unpaired) electrons. The number of hydrogen-bond donors (Lipinski definition) is 1. The molecule has 1 saturated heterocycles. The summed E-state index contributed by atoms with van der Waals surface area (Å²) in [7, 11) is 0. The lowest BCUT2D eigenvalue weighted by molar-refractivity contribution is 0.212. The molecule has 2 heterocycles. The minimum absolute atomic E-state index is 0.0647. The molecule has 1 atom stereocenters. The Labute approximate surface area is 110 Å². The van der Waals surface area contributed by atoms with Crippen LogP contribution in [0, 0.1) is 5.92 Å². The second-order valence-electron chi connectivity index (χ2n) is 5.71. The molecule has 0 amide bonds. The van der Waals surface area contributed by atoms with Gasteiger partial charge in [0.25, 0.3) is 0 Å². The average Bonchev–Trinajstić information content (AvgIpc) is 2.66. The zero-order valence-corrected chi connectivity index (χ0v) is 11.9. The van der Waals surface area contributed by atoms with Gasteiger partial charge < -0.3 is 5.32 Å². The van der Waals surface area contributed by atoms with Gasteiger partial charge >= 0.3 is 0 Å². The van der Waals surface area contributed by atoms with Crippen molar-refractivity contribution in [3.05, 3.63) is 11.9 Å². The molecule has 4 nitrogen and oxygen atoms in total. The summed E-state index contributed by atoms with van der Waals surface area (Å²) in [4.78, 5) is 0. The van der Waals surface area contributed by atoms with Gasteiger partial charge in [-0.15, -0.1) is 5.10 Å². The third-order valence-corrected chi connectivity index (χ3v) is 4.18. The van der Waals surface area contributed by atoms with E-state index in [2.05, 4.69) is 41.1 Å². The topological polar surface area (TPSA) is 42.7 Å². The molecule has 1 aromatic heterocycles. The van der Waals surface area contributed by atoms with Gasteiger partial charge in [0.2, 0.25) is 0 Å². The lowest BCUT2D eigenvalue weighted by Gasteiger charge is -2.37. The molecule has 0 bridgehead atoms. The largest absolute Gasteiger partial charge is 0.306 e. The van der Waals surface area contributed by atoms with Gasteiger partial charge in [0, 0.05) is 6.54 Å². The number of aryl methyl sites for hydroxylation is 1. The van der Waals surface area contributed by atoms with Gasteiger partial charge in [-0.25, -0.2) is 4.68 Å². The first kappa shape index (κ1) is 13.5. The number of hydrogen-bond acceptors (Lipinski definition) is 3. The van der Waals surface area contributed by atoms with Crippen molar-refractivity contribution < 1.29 is 0 Å². The van der Waals surface area contributed by atoms with E-state index in [0.717, 1.165) is 19.5 Å². The van der Waals surface area contributed by atoms with Gasteiger partial charge in [-0.05, 0) is 31.7 Å². The standard InChI is InChI=1S/C14H26N4/c1-4-10-18-13(11-16-17-18)14(12(2)3)8-6-5-7-9-15-14/h11-12,15H,4-10H2,1-3H3. The highest BCUT2D eigenvalue weighted by Gasteiger charge is 2.38. The monoisotopic (exact) mass is 250 g/mol. The molecule has 1 N–H and O–H groups in total. The summed E-state index contributed by atoms with van der Waals surface area (Å²) in [5.41, 5.74) is 1.34. The molecule has 2 rings (SSSR count). The summed E-state index contributed by atoms with van der Waals surface area (Å²) in [6.45, 7) is 8.87. The van der Waals surface area contributed by atoms with E-state index in [-0.39, 0.29) is 5.54 Å². The maximum Gasteiger partial charge on any atom is 0.0790 e. The van der Waals surface area contributed by atoms with Crippen LogP contribution in [0.4, 0.5) is 0 Å². The van der Waals surface area contributed by atoms with Crippen LogP contribution in [0.5, 0.6) is 0 Å². The minimum Gasteiger partial charge on any atom is -0.306 e. The molecule has 1 fully saturated rings. The van der Waals surface area contributed by atoms with Crippen molar-refractivity contribution in [2.45, 2.75) is 65.0 Å². The van der Waals surface area contributed by atoms with E-state index in [4.69, 9.17) is 0 Å². The quantitative estimate of drug-likeness (QED) is 0.893. The minimum atomic E-state index is 0.0647. The first-order valence-electron chi connectivity index (χ1n) is 7.34. The molecule has 0 aromatic carbocycles. The van der Waals surface area contributed by atoms with Gasteiger partial charge in [-0.2, -0.15) is 0 Å². The zero-order valence-electron chi connectivity index (χ0n) is 11.9. The zero-order chi connectivity index (χ0) is 13.0. The van der Waals surface area contributed by atoms with Crippen molar-refractivity contribution in [1.29, 1.82) is 0 Å². The van der Waals surface area contributed by atoms with Crippen molar-refractivity contribution >= 4 is 0 Å². The van der Waals surface area contributed by atoms with E-state index in [1.165, 1.54) is 31.4 Å². The molecule has 0 saturated carbocycles. The summed E-state index contributed by atoms with van der Waals surface area (Å²) in [6.07, 6.45) is 8.17. The highest BCUT2D eigenvalue weighted by Crippen LogP contribution is 2.36. The predicted octanol–water partition coefficient (Wildman–Crippen LogP) is 2.70. The van der Waals surface area contributed by atoms with Crippen LogP contribution >= 0.6 is 0 Å². The van der Waals surface area contributed by atoms with Crippen LogP contribution < -0.4 is 5.32 Å². The van der Waals surface area contributed by atoms with Crippen LogP contribution in [-0.4, -0.2) is 21.5 Å². The van der Waals surface area contributed by atoms with E-state index in [1.807, 2.05) is 6.20 Å². The van der Waals surface area contributed by atoms with Crippen molar-refractivity contribution in [1.82, 2.24) is 20.3 Å². The van der Waals surface area contributed by atoms with Crippen molar-refractivity contribution in [3.8, 4) is 0 Å². The molecule has 18 heavy (non-hydrogen) atoms. The Balaban J connectivity index is 2.35. The van der Waals surface area contributed by atoms with Crippen LogP contribution in [0.15, 0.2) is 6.20 Å². The fraction of sp³-hybridized carbons (Fsp3) is 0.857. The predicted molar refractivity (Wildman–Crippen MR) is 73.3 cm³/mol. The Bertz CT molecular complexity index is 362. The van der Waals surface area contributed by atoms with Gasteiger partial charge in [0.1, 0.15) is 0 Å². The lowest BCUT2D eigenvalue weighted by Crippen LogP contribution is -2.47. The van der Waals surface area contributed by atoms with Gasteiger partial charge in [0.05, 0.1) is 17.4 Å². The molecule has 0 aliphatic carbocycles. The third-order valence-electron chi connectivity index (χ3n) is 4.18. The van der Waals surface area contributed by atoms with E-state index >= 15 is 0 Å². The van der Waals surface area contributed by atoms with E-state index in [9.17, 15) is 0 Å². The molecule has 4 heteroatoms. The van der Waals surface area contributed by atoms with Gasteiger partial charge in [0.15, 0.2) is 0 Å². The van der Waals surface area contributed by atoms with Crippen molar-refractivity contribution in [2.24, 2.45) is 5.92 Å². The number of nitrogens with one attached hydrogen (secondary N) is 1. The van der Waals surface area contributed by atoms with Gasteiger partial charge in [-0.1, -0.05) is 38.8 Å². The first-order chi connectivity index (χ1) is 8.70. The molecule has 102 valence electrons. The number of nitrogens with zero attached hydrogens (tertiary/aromatic N) is 3. The maximum absolute atomic E-state index is 4.27. The second-order valence-corrected chi connectivity index (χ2v) is 5.71. The van der Waals surface area contributed by atoms with Crippen LogP contribution in [0.3, 0.4) is 0 Å². The summed E-state index contributed by atoms with van der Waals surface area (Å²) in [6, 6.07) is 0. The molecule has 1 aliphatic heterocycles. The number of rotatable bonds is 4. The van der Waals surface area contributed by atoms with Crippen LogP contribution in [-0.2, 0) is 12.1 Å². The van der Waals surface area contributed by atoms with E-state index < -0.39 is 0 Å². The van der Waals surface area contributed by atoms with Crippen LogP contribution in [0.1, 0.15) is 58.6 Å². The van der Waals surface area contributed by atoms with Crippen LogP contribution in [0.25, 0.3) is 0 Å². The third kappa shape index (κ3) is 2.44. The highest BCUT2D eigenvalue weighted by atomic mass is 15.4. The number of aromatic nitrogens is 3. The summed E-state index contributed by atoms with van der Waals surface area (Å²) in [5.74, 6) is 0.560. The Kier molecular flexibility index (Phi) is 4.38. The molecular weight excluding hydrogens is 224 g/mol. The summed E-state index contributed by atoms with van der Waals surface area (Å²) in [5, 5.41) is 12.2. The Morgan fingerprint density at radius 2 is 2.22 bits per heavy atom. The average molecular weight is 250 g/mol. The Hall–Kier alpha value is -0.900. The highest BCUT2D eigenvalue weighted by molar-refractivity contribution is 5.14. The normalized spacial score (nSPS) is 25.3.